The lowest BCUT2D eigenvalue weighted by Crippen LogP contribution is -2.31. The highest BCUT2D eigenvalue weighted by molar-refractivity contribution is 5.88. The van der Waals surface area contributed by atoms with Crippen molar-refractivity contribution in [2.24, 2.45) is 0 Å². The monoisotopic (exact) mass is 269 g/mol. The number of carboxylic acid groups (broad SMARTS) is 1. The van der Waals surface area contributed by atoms with Crippen LogP contribution >= 0.6 is 0 Å². The van der Waals surface area contributed by atoms with Gasteiger partial charge in [0.05, 0.1) is 11.3 Å². The minimum atomic E-state index is -4.58. The second-order valence-electron chi connectivity index (χ2n) is 3.54. The fraction of sp³-hybridized carbons (Fsp3) is 0.300. The van der Waals surface area contributed by atoms with E-state index in [1.54, 1.807) is 0 Å². The van der Waals surface area contributed by atoms with Gasteiger partial charge in [-0.05, 0) is 12.1 Å². The van der Waals surface area contributed by atoms with Gasteiger partial charge in [-0.1, -0.05) is 0 Å². The van der Waals surface area contributed by atoms with E-state index in [9.17, 15) is 26.7 Å². The van der Waals surface area contributed by atoms with E-state index >= 15 is 0 Å². The molecule has 1 aromatic rings. The first kappa shape index (κ1) is 14.2. The molecule has 0 unspecified atom stereocenters. The summed E-state index contributed by atoms with van der Waals surface area (Å²) in [6.45, 7) is -1.48. The van der Waals surface area contributed by atoms with Crippen molar-refractivity contribution in [3.05, 3.63) is 29.3 Å². The number of aromatic carboxylic acids is 1. The van der Waals surface area contributed by atoms with Crippen LogP contribution in [0.2, 0.25) is 0 Å². The Labute approximate surface area is 98.4 Å². The van der Waals surface area contributed by atoms with Crippen LogP contribution in [0.5, 0.6) is 0 Å². The lowest BCUT2D eigenvalue weighted by Gasteiger charge is -2.21. The Hall–Kier alpha value is -1.86. The maximum Gasteiger partial charge on any atom is 0.405 e. The van der Waals surface area contributed by atoms with Gasteiger partial charge >= 0.3 is 12.1 Å². The summed E-state index contributed by atoms with van der Waals surface area (Å²) in [5.41, 5.74) is -1.59. The molecular weight excluding hydrogens is 261 g/mol. The molecule has 0 heterocycles. The number of benzene rings is 1. The van der Waals surface area contributed by atoms with Crippen LogP contribution < -0.4 is 4.90 Å². The molecule has 1 rings (SSSR count). The normalized spacial score (nSPS) is 11.4. The maximum absolute atomic E-state index is 13.4. The molecule has 8 heteroatoms. The molecule has 0 aliphatic rings. The van der Waals surface area contributed by atoms with Crippen LogP contribution in [0.1, 0.15) is 10.4 Å². The Morgan fingerprint density at radius 1 is 1.28 bits per heavy atom. The molecule has 0 aliphatic heterocycles. The number of hydrogen-bond acceptors (Lipinski definition) is 2. The van der Waals surface area contributed by atoms with Crippen LogP contribution in [0.25, 0.3) is 0 Å². The van der Waals surface area contributed by atoms with Crippen molar-refractivity contribution < 1.29 is 31.9 Å². The van der Waals surface area contributed by atoms with Crippen LogP contribution in [0.15, 0.2) is 12.1 Å². The van der Waals surface area contributed by atoms with Crippen molar-refractivity contribution in [1.29, 1.82) is 0 Å². The van der Waals surface area contributed by atoms with E-state index in [2.05, 4.69) is 0 Å². The summed E-state index contributed by atoms with van der Waals surface area (Å²) < 4.78 is 62.9. The number of alkyl halides is 3. The molecule has 0 saturated heterocycles. The molecule has 100 valence electrons. The Bertz CT molecular complexity index is 472. The van der Waals surface area contributed by atoms with Crippen LogP contribution in [-0.4, -0.2) is 30.8 Å². The Balaban J connectivity index is 3.13. The van der Waals surface area contributed by atoms with E-state index in [1.165, 1.54) is 0 Å². The zero-order chi connectivity index (χ0) is 14.1. The number of carboxylic acids is 1. The number of hydrogen-bond donors (Lipinski definition) is 1. The first-order valence-corrected chi connectivity index (χ1v) is 4.62. The summed E-state index contributed by atoms with van der Waals surface area (Å²) in [6.07, 6.45) is -4.58. The van der Waals surface area contributed by atoms with Gasteiger partial charge in [-0.2, -0.15) is 13.2 Å². The minimum Gasteiger partial charge on any atom is -0.478 e. The van der Waals surface area contributed by atoms with Gasteiger partial charge in [-0.25, -0.2) is 13.6 Å². The highest BCUT2D eigenvalue weighted by Gasteiger charge is 2.31. The van der Waals surface area contributed by atoms with Gasteiger partial charge in [0.1, 0.15) is 6.54 Å². The summed E-state index contributed by atoms with van der Waals surface area (Å²) in [6, 6.07) is 1.50. The molecule has 1 N–H and O–H groups in total. The number of anilines is 1. The molecule has 1 aromatic carbocycles. The van der Waals surface area contributed by atoms with Gasteiger partial charge in [0.2, 0.25) is 0 Å². The summed E-state index contributed by atoms with van der Waals surface area (Å²) in [5.74, 6) is -5.01. The van der Waals surface area contributed by atoms with Crippen LogP contribution in [0, 0.1) is 11.6 Å². The molecule has 0 bridgehead atoms. The van der Waals surface area contributed by atoms with Crippen molar-refractivity contribution in [2.45, 2.75) is 6.18 Å². The Kier molecular flexibility index (Phi) is 3.78. The van der Waals surface area contributed by atoms with Gasteiger partial charge in [-0.15, -0.1) is 0 Å². The average Bonchev–Trinajstić information content (AvgIpc) is 2.18. The fourth-order valence-corrected chi connectivity index (χ4v) is 1.35. The topological polar surface area (TPSA) is 40.5 Å². The number of halogens is 5. The third kappa shape index (κ3) is 3.08. The second kappa shape index (κ2) is 4.79. The fourth-order valence-electron chi connectivity index (χ4n) is 1.35. The standard InChI is InChI=1S/C10H8F5NO2/c1-16(4-10(13,14)15)6-3-2-5(9(17)18)7(11)8(6)12/h2-3H,4H2,1H3,(H,17,18). The molecule has 0 atom stereocenters. The van der Waals surface area contributed by atoms with Crippen molar-refractivity contribution >= 4 is 11.7 Å². The lowest BCUT2D eigenvalue weighted by atomic mass is 10.1. The Morgan fingerprint density at radius 3 is 2.28 bits per heavy atom. The number of nitrogens with zero attached hydrogens (tertiary/aromatic N) is 1. The van der Waals surface area contributed by atoms with Gasteiger partial charge in [-0.3, -0.25) is 0 Å². The van der Waals surface area contributed by atoms with Crippen molar-refractivity contribution in [1.82, 2.24) is 0 Å². The highest BCUT2D eigenvalue weighted by atomic mass is 19.4. The molecular formula is C10H8F5NO2. The predicted molar refractivity (Wildman–Crippen MR) is 52.6 cm³/mol. The molecule has 0 saturated carbocycles. The Morgan fingerprint density at radius 2 is 1.83 bits per heavy atom. The van der Waals surface area contributed by atoms with Crippen molar-refractivity contribution in [2.75, 3.05) is 18.5 Å². The average molecular weight is 269 g/mol. The second-order valence-corrected chi connectivity index (χ2v) is 3.54. The summed E-state index contributed by atoms with van der Waals surface area (Å²) in [5, 5.41) is 8.51. The first-order valence-electron chi connectivity index (χ1n) is 4.62. The third-order valence-corrected chi connectivity index (χ3v) is 2.12. The zero-order valence-corrected chi connectivity index (χ0v) is 9.05. The van der Waals surface area contributed by atoms with E-state index in [4.69, 9.17) is 5.11 Å². The van der Waals surface area contributed by atoms with Crippen LogP contribution in [0.4, 0.5) is 27.6 Å². The molecule has 0 amide bonds. The lowest BCUT2D eigenvalue weighted by molar-refractivity contribution is -0.119. The van der Waals surface area contributed by atoms with Crippen LogP contribution in [-0.2, 0) is 0 Å². The van der Waals surface area contributed by atoms with E-state index < -0.39 is 41.6 Å². The predicted octanol–water partition coefficient (Wildman–Crippen LogP) is 2.66. The SMILES string of the molecule is CN(CC(F)(F)F)c1ccc(C(=O)O)c(F)c1F. The number of rotatable bonds is 3. The van der Waals surface area contributed by atoms with Gasteiger partial charge in [0.25, 0.3) is 0 Å². The van der Waals surface area contributed by atoms with Crippen molar-refractivity contribution in [3.63, 3.8) is 0 Å². The van der Waals surface area contributed by atoms with Crippen molar-refractivity contribution in [3.8, 4) is 0 Å². The van der Waals surface area contributed by atoms with E-state index in [-0.39, 0.29) is 0 Å². The largest absolute Gasteiger partial charge is 0.478 e. The summed E-state index contributed by atoms with van der Waals surface area (Å²) in [7, 11) is 0.922. The third-order valence-electron chi connectivity index (χ3n) is 2.12. The van der Waals surface area contributed by atoms with Crippen LogP contribution in [0.3, 0.4) is 0 Å². The van der Waals surface area contributed by atoms with Gasteiger partial charge in [0.15, 0.2) is 11.6 Å². The highest BCUT2D eigenvalue weighted by Crippen LogP contribution is 2.26. The summed E-state index contributed by atoms with van der Waals surface area (Å²) in [4.78, 5) is 10.9. The minimum absolute atomic E-state index is 0.448. The number of carbonyl (C=O) groups is 1. The van der Waals surface area contributed by atoms with Gasteiger partial charge in [0, 0.05) is 7.05 Å². The summed E-state index contributed by atoms with van der Waals surface area (Å²) >= 11 is 0. The molecule has 3 nitrogen and oxygen atoms in total. The maximum atomic E-state index is 13.4. The van der Waals surface area contributed by atoms with E-state index in [0.29, 0.717) is 11.0 Å². The smallest absolute Gasteiger partial charge is 0.405 e. The molecule has 18 heavy (non-hydrogen) atoms. The van der Waals surface area contributed by atoms with E-state index in [0.717, 1.165) is 13.1 Å². The molecule has 0 fully saturated rings. The van der Waals surface area contributed by atoms with Gasteiger partial charge < -0.3 is 10.0 Å². The molecule has 0 spiro atoms. The molecule has 0 radical (unpaired) electrons. The molecule has 0 aliphatic carbocycles. The zero-order valence-electron chi connectivity index (χ0n) is 9.05. The molecule has 0 aromatic heterocycles. The van der Waals surface area contributed by atoms with E-state index in [1.807, 2.05) is 0 Å². The first-order chi connectivity index (χ1) is 8.13. The quantitative estimate of drug-likeness (QED) is 0.857.